The van der Waals surface area contributed by atoms with Crippen LogP contribution < -0.4 is 15.6 Å². The summed E-state index contributed by atoms with van der Waals surface area (Å²) in [6.07, 6.45) is -0.653. The minimum atomic E-state index is -1.18. The molecule has 0 aliphatic carbocycles. The first-order valence-electron chi connectivity index (χ1n) is 11.2. The fraction of sp³-hybridized carbons (Fsp3) is 0.500. The van der Waals surface area contributed by atoms with Crippen molar-refractivity contribution < 1.29 is 23.9 Å². The van der Waals surface area contributed by atoms with Crippen LogP contribution in [0.1, 0.15) is 51.4 Å². The van der Waals surface area contributed by atoms with Gasteiger partial charge in [0, 0.05) is 5.56 Å². The average molecular weight is 477 g/mol. The van der Waals surface area contributed by atoms with E-state index >= 15 is 0 Å². The molecule has 186 valence electrons. The molecular weight excluding hydrogens is 443 g/mol. The Morgan fingerprint density at radius 1 is 1.21 bits per heavy atom. The first kappa shape index (κ1) is 26.8. The summed E-state index contributed by atoms with van der Waals surface area (Å²) < 4.78 is 20.3. The average Bonchev–Trinajstić information content (AvgIpc) is 2.77. The van der Waals surface area contributed by atoms with E-state index in [-0.39, 0.29) is 24.1 Å². The van der Waals surface area contributed by atoms with Gasteiger partial charge in [0.2, 0.25) is 0 Å². The topological polar surface area (TPSA) is 115 Å². The molecule has 2 rings (SSSR count). The van der Waals surface area contributed by atoms with Crippen LogP contribution in [0.2, 0.25) is 0 Å². The van der Waals surface area contributed by atoms with E-state index < -0.39 is 18.0 Å². The second-order valence-corrected chi connectivity index (χ2v) is 8.63. The standard InChI is InChI=1S/C24H33FN4O5/c1-14(2)21(26-24(31)32)13-29-23(30)18(12-20(27-29)16(5)28-34-15(3)4)8-7-17-11-19(25)9-10-22(17)33-6/h9-12,14-15,21,26H,7-8,13H2,1-6H3,(H,31,32)/b28-16+/t21-/m1/s1. The number of aryl methyl sites for hydroxylation is 2. The normalized spacial score (nSPS) is 12.7. The van der Waals surface area contributed by atoms with Crippen molar-refractivity contribution in [1.29, 1.82) is 0 Å². The summed E-state index contributed by atoms with van der Waals surface area (Å²) in [5.74, 6) is 0.0640. The Bertz CT molecular complexity index is 1080. The van der Waals surface area contributed by atoms with Gasteiger partial charge in [0.05, 0.1) is 19.7 Å². The number of ether oxygens (including phenoxy) is 1. The van der Waals surface area contributed by atoms with Gasteiger partial charge in [-0.25, -0.2) is 13.9 Å². The second kappa shape index (κ2) is 12.2. The summed E-state index contributed by atoms with van der Waals surface area (Å²) in [6.45, 7) is 9.16. The zero-order valence-electron chi connectivity index (χ0n) is 20.5. The zero-order valence-corrected chi connectivity index (χ0v) is 20.5. The molecule has 0 saturated heterocycles. The van der Waals surface area contributed by atoms with Gasteiger partial charge in [-0.15, -0.1) is 0 Å². The van der Waals surface area contributed by atoms with Crippen molar-refractivity contribution in [3.8, 4) is 5.75 Å². The van der Waals surface area contributed by atoms with Crippen molar-refractivity contribution in [1.82, 2.24) is 15.1 Å². The third-order valence-electron chi connectivity index (χ3n) is 5.21. The molecule has 2 aromatic rings. The van der Waals surface area contributed by atoms with Crippen LogP contribution in [0.4, 0.5) is 9.18 Å². The third-order valence-corrected chi connectivity index (χ3v) is 5.21. The molecule has 1 heterocycles. The van der Waals surface area contributed by atoms with Crippen molar-refractivity contribution >= 4 is 11.8 Å². The molecule has 0 aliphatic rings. The van der Waals surface area contributed by atoms with Crippen LogP contribution in [0, 0.1) is 11.7 Å². The number of amides is 1. The maximum atomic E-state index is 13.8. The van der Waals surface area contributed by atoms with Gasteiger partial charge < -0.3 is 20.0 Å². The Hall–Kier alpha value is -3.43. The van der Waals surface area contributed by atoms with Gasteiger partial charge in [-0.05, 0) is 69.4 Å². The summed E-state index contributed by atoms with van der Waals surface area (Å²) in [4.78, 5) is 29.8. The molecular formula is C24H33FN4O5. The summed E-state index contributed by atoms with van der Waals surface area (Å²) >= 11 is 0. The Morgan fingerprint density at radius 3 is 2.47 bits per heavy atom. The zero-order chi connectivity index (χ0) is 25.4. The molecule has 1 aromatic heterocycles. The van der Waals surface area contributed by atoms with Gasteiger partial charge in [-0.1, -0.05) is 19.0 Å². The largest absolute Gasteiger partial charge is 0.496 e. The minimum absolute atomic E-state index is 0.0469. The van der Waals surface area contributed by atoms with Crippen LogP contribution in [0.15, 0.2) is 34.2 Å². The van der Waals surface area contributed by atoms with Crippen LogP contribution in [0.25, 0.3) is 0 Å². The van der Waals surface area contributed by atoms with E-state index in [9.17, 15) is 19.1 Å². The highest BCUT2D eigenvalue weighted by atomic mass is 19.1. The molecule has 0 unspecified atom stereocenters. The third kappa shape index (κ3) is 7.57. The van der Waals surface area contributed by atoms with E-state index in [0.29, 0.717) is 41.1 Å². The molecule has 9 nitrogen and oxygen atoms in total. The van der Waals surface area contributed by atoms with Crippen LogP contribution in [-0.4, -0.2) is 45.9 Å². The molecule has 2 N–H and O–H groups in total. The number of hydrogen-bond donors (Lipinski definition) is 2. The number of carboxylic acid groups (broad SMARTS) is 1. The van der Waals surface area contributed by atoms with Gasteiger partial charge in [-0.2, -0.15) is 5.10 Å². The molecule has 0 aliphatic heterocycles. The highest BCUT2D eigenvalue weighted by Gasteiger charge is 2.20. The SMILES string of the molecule is COc1ccc(F)cc1CCc1cc(/C(C)=N/OC(C)C)nn(C[C@@H](NC(=O)O)C(C)C)c1=O. The summed E-state index contributed by atoms with van der Waals surface area (Å²) in [6, 6.07) is 5.36. The van der Waals surface area contributed by atoms with Crippen molar-refractivity contribution in [2.24, 2.45) is 11.1 Å². The Balaban J connectivity index is 2.47. The molecule has 10 heteroatoms. The van der Waals surface area contributed by atoms with Crippen LogP contribution in [0.5, 0.6) is 5.75 Å². The number of carbonyl (C=O) groups is 1. The van der Waals surface area contributed by atoms with Gasteiger partial charge >= 0.3 is 6.09 Å². The maximum Gasteiger partial charge on any atom is 0.404 e. The van der Waals surface area contributed by atoms with E-state index in [2.05, 4.69) is 15.6 Å². The molecule has 0 spiro atoms. The molecule has 1 amide bonds. The maximum absolute atomic E-state index is 13.8. The Morgan fingerprint density at radius 2 is 1.88 bits per heavy atom. The predicted octanol–water partition coefficient (Wildman–Crippen LogP) is 3.62. The summed E-state index contributed by atoms with van der Waals surface area (Å²) in [5.41, 5.74) is 1.62. The smallest absolute Gasteiger partial charge is 0.404 e. The quantitative estimate of drug-likeness (QED) is 0.378. The van der Waals surface area contributed by atoms with Crippen LogP contribution in [0.3, 0.4) is 0 Å². The molecule has 34 heavy (non-hydrogen) atoms. The van der Waals surface area contributed by atoms with E-state index in [4.69, 9.17) is 9.57 Å². The highest BCUT2D eigenvalue weighted by Crippen LogP contribution is 2.21. The van der Waals surface area contributed by atoms with Gasteiger partial charge in [0.15, 0.2) is 0 Å². The van der Waals surface area contributed by atoms with E-state index in [0.717, 1.165) is 0 Å². The summed E-state index contributed by atoms with van der Waals surface area (Å²) in [7, 11) is 1.50. The van der Waals surface area contributed by atoms with Crippen LogP contribution >= 0.6 is 0 Å². The minimum Gasteiger partial charge on any atom is -0.496 e. The number of halogens is 1. The number of benzene rings is 1. The van der Waals surface area contributed by atoms with Crippen molar-refractivity contribution in [3.05, 3.63) is 57.3 Å². The summed E-state index contributed by atoms with van der Waals surface area (Å²) in [5, 5.41) is 20.1. The second-order valence-electron chi connectivity index (χ2n) is 8.63. The lowest BCUT2D eigenvalue weighted by atomic mass is 10.0. The number of nitrogens with zero attached hydrogens (tertiary/aromatic N) is 3. The fourth-order valence-electron chi connectivity index (χ4n) is 3.29. The molecule has 0 fully saturated rings. The number of hydrogen-bond acceptors (Lipinski definition) is 6. The Kier molecular flexibility index (Phi) is 9.58. The molecule has 1 atom stereocenters. The number of nitrogens with one attached hydrogen (secondary N) is 1. The van der Waals surface area contributed by atoms with Gasteiger partial charge in [0.1, 0.15) is 29.1 Å². The number of rotatable bonds is 11. The number of aromatic nitrogens is 2. The lowest BCUT2D eigenvalue weighted by molar-refractivity contribution is 0.0859. The van der Waals surface area contributed by atoms with Crippen LogP contribution in [-0.2, 0) is 24.2 Å². The first-order valence-corrected chi connectivity index (χ1v) is 11.2. The monoisotopic (exact) mass is 476 g/mol. The lowest BCUT2D eigenvalue weighted by Crippen LogP contribution is -2.44. The predicted molar refractivity (Wildman–Crippen MR) is 127 cm³/mol. The fourth-order valence-corrected chi connectivity index (χ4v) is 3.29. The lowest BCUT2D eigenvalue weighted by Gasteiger charge is -2.22. The highest BCUT2D eigenvalue weighted by molar-refractivity contribution is 5.96. The van der Waals surface area contributed by atoms with Crippen molar-refractivity contribution in [3.63, 3.8) is 0 Å². The van der Waals surface area contributed by atoms with E-state index in [1.807, 2.05) is 27.7 Å². The molecule has 0 radical (unpaired) electrons. The van der Waals surface area contributed by atoms with Gasteiger partial charge in [0.25, 0.3) is 5.56 Å². The van der Waals surface area contributed by atoms with Crippen molar-refractivity contribution in [2.45, 2.75) is 66.2 Å². The number of oxime groups is 1. The van der Waals surface area contributed by atoms with E-state index in [1.54, 1.807) is 19.1 Å². The van der Waals surface area contributed by atoms with Crippen molar-refractivity contribution in [2.75, 3.05) is 7.11 Å². The molecule has 0 saturated carbocycles. The first-order chi connectivity index (χ1) is 16.0. The van der Waals surface area contributed by atoms with E-state index in [1.165, 1.54) is 23.9 Å². The molecule has 1 aromatic carbocycles. The van der Waals surface area contributed by atoms with Gasteiger partial charge in [-0.3, -0.25) is 4.79 Å². The Labute approximate surface area is 198 Å². The number of methoxy groups -OCH3 is 1. The molecule has 0 bridgehead atoms.